The molecule has 1 aromatic carbocycles. The van der Waals surface area contributed by atoms with Crippen LogP contribution in [0.4, 0.5) is 0 Å². The molecule has 0 aromatic heterocycles. The van der Waals surface area contributed by atoms with Crippen LogP contribution >= 0.6 is 11.6 Å². The van der Waals surface area contributed by atoms with E-state index in [2.05, 4.69) is 26.0 Å². The number of morpholine rings is 1. The fourth-order valence-corrected chi connectivity index (χ4v) is 2.55. The number of hydrogen-bond donors (Lipinski definition) is 1. The van der Waals surface area contributed by atoms with Crippen molar-refractivity contribution in [2.75, 3.05) is 13.1 Å². The highest BCUT2D eigenvalue weighted by Crippen LogP contribution is 2.09. The van der Waals surface area contributed by atoms with Crippen molar-refractivity contribution in [2.24, 2.45) is 0 Å². The third-order valence-corrected chi connectivity index (χ3v) is 3.24. The van der Waals surface area contributed by atoms with Crippen molar-refractivity contribution in [3.05, 3.63) is 34.9 Å². The van der Waals surface area contributed by atoms with Crippen LogP contribution in [0.15, 0.2) is 24.3 Å². The van der Waals surface area contributed by atoms with Gasteiger partial charge in [-0.25, -0.2) is 0 Å². The molecule has 1 fully saturated rings. The van der Waals surface area contributed by atoms with Gasteiger partial charge >= 0.3 is 0 Å². The molecule has 1 unspecified atom stereocenters. The van der Waals surface area contributed by atoms with Gasteiger partial charge in [0.1, 0.15) is 31.8 Å². The molecule has 88 valence electrons. The van der Waals surface area contributed by atoms with E-state index in [0.717, 1.165) is 24.7 Å². The maximum Gasteiger partial charge on any atom is 0.104 e. The summed E-state index contributed by atoms with van der Waals surface area (Å²) in [6.45, 7) is 7.55. The van der Waals surface area contributed by atoms with E-state index >= 15 is 0 Å². The molecular formula is C13H19ClNO+. The highest BCUT2D eigenvalue weighted by Gasteiger charge is 2.25. The second-order valence-electron chi connectivity index (χ2n) is 4.72. The maximum atomic E-state index is 5.87. The van der Waals surface area contributed by atoms with Gasteiger partial charge in [-0.05, 0) is 26.0 Å². The first-order valence-electron chi connectivity index (χ1n) is 5.87. The summed E-state index contributed by atoms with van der Waals surface area (Å²) in [6, 6.07) is 8.15. The molecule has 0 amide bonds. The molecule has 3 heteroatoms. The summed E-state index contributed by atoms with van der Waals surface area (Å²) in [4.78, 5) is 1.59. The highest BCUT2D eigenvalue weighted by molar-refractivity contribution is 6.30. The lowest BCUT2D eigenvalue weighted by Crippen LogP contribution is -3.14. The zero-order valence-corrected chi connectivity index (χ0v) is 10.6. The van der Waals surface area contributed by atoms with E-state index in [1.807, 2.05) is 12.1 Å². The van der Waals surface area contributed by atoms with Gasteiger partial charge in [-0.3, -0.25) is 0 Å². The third-order valence-electron chi connectivity index (χ3n) is 2.98. The van der Waals surface area contributed by atoms with Gasteiger partial charge < -0.3 is 9.64 Å². The van der Waals surface area contributed by atoms with Gasteiger partial charge in [0.2, 0.25) is 0 Å². The second kappa shape index (κ2) is 5.17. The predicted octanol–water partition coefficient (Wildman–Crippen LogP) is 1.53. The Labute approximate surface area is 102 Å². The van der Waals surface area contributed by atoms with Crippen molar-refractivity contribution in [2.45, 2.75) is 32.6 Å². The van der Waals surface area contributed by atoms with E-state index in [1.54, 1.807) is 4.90 Å². The normalized spacial score (nSPS) is 30.3. The SMILES string of the molecule is C[C@@H]1C[NH+](Cc2ccc(Cl)cc2)C[C@H](C)O1. The molecule has 1 heterocycles. The molecular weight excluding hydrogens is 222 g/mol. The first kappa shape index (κ1) is 11.9. The fraction of sp³-hybridized carbons (Fsp3) is 0.538. The Morgan fingerprint density at radius 3 is 2.31 bits per heavy atom. The van der Waals surface area contributed by atoms with Crippen LogP contribution in [0.25, 0.3) is 0 Å². The minimum Gasteiger partial charge on any atom is -0.364 e. The third kappa shape index (κ3) is 3.21. The van der Waals surface area contributed by atoms with Crippen molar-refractivity contribution in [3.8, 4) is 0 Å². The average molecular weight is 241 g/mol. The van der Waals surface area contributed by atoms with E-state index in [0.29, 0.717) is 12.2 Å². The summed E-state index contributed by atoms with van der Waals surface area (Å²) >= 11 is 5.87. The maximum absolute atomic E-state index is 5.87. The molecule has 1 N–H and O–H groups in total. The van der Waals surface area contributed by atoms with Crippen molar-refractivity contribution < 1.29 is 9.64 Å². The number of quaternary nitrogens is 1. The standard InChI is InChI=1S/C13H18ClNO/c1-10-7-15(8-11(2)16-10)9-12-3-5-13(14)6-4-12/h3-6,10-11H,7-9H2,1-2H3/p+1/t10-,11+. The van der Waals surface area contributed by atoms with Gasteiger partial charge in [0, 0.05) is 10.6 Å². The Balaban J connectivity index is 1.96. The zero-order valence-electron chi connectivity index (χ0n) is 9.87. The average Bonchev–Trinajstić information content (AvgIpc) is 2.20. The lowest BCUT2D eigenvalue weighted by Gasteiger charge is -2.32. The van der Waals surface area contributed by atoms with Crippen LogP contribution < -0.4 is 4.90 Å². The second-order valence-corrected chi connectivity index (χ2v) is 5.16. The minimum absolute atomic E-state index is 0.367. The molecule has 0 bridgehead atoms. The molecule has 0 saturated carbocycles. The number of rotatable bonds is 2. The van der Waals surface area contributed by atoms with E-state index in [4.69, 9.17) is 16.3 Å². The summed E-state index contributed by atoms with van der Waals surface area (Å²) in [5.74, 6) is 0. The van der Waals surface area contributed by atoms with E-state index < -0.39 is 0 Å². The van der Waals surface area contributed by atoms with Crippen LogP contribution in [-0.2, 0) is 11.3 Å². The van der Waals surface area contributed by atoms with Crippen LogP contribution in [0.1, 0.15) is 19.4 Å². The number of ether oxygens (including phenoxy) is 1. The van der Waals surface area contributed by atoms with Gasteiger partial charge in [-0.1, -0.05) is 23.7 Å². The number of benzene rings is 1. The molecule has 0 aliphatic carbocycles. The van der Waals surface area contributed by atoms with Gasteiger partial charge in [0.15, 0.2) is 0 Å². The molecule has 2 nitrogen and oxygen atoms in total. The van der Waals surface area contributed by atoms with Gasteiger partial charge in [-0.2, -0.15) is 0 Å². The lowest BCUT2D eigenvalue weighted by atomic mass is 10.1. The van der Waals surface area contributed by atoms with Crippen LogP contribution in [0.2, 0.25) is 5.02 Å². The molecule has 1 aliphatic heterocycles. The Morgan fingerprint density at radius 2 is 1.75 bits per heavy atom. The van der Waals surface area contributed by atoms with E-state index in [-0.39, 0.29) is 0 Å². The lowest BCUT2D eigenvalue weighted by molar-refractivity contribution is -0.928. The summed E-state index contributed by atoms with van der Waals surface area (Å²) in [5, 5.41) is 0.808. The topological polar surface area (TPSA) is 13.7 Å². The Morgan fingerprint density at radius 1 is 1.19 bits per heavy atom. The Kier molecular flexibility index (Phi) is 3.85. The minimum atomic E-state index is 0.367. The fourth-order valence-electron chi connectivity index (χ4n) is 2.42. The Bertz CT molecular complexity index is 328. The molecule has 1 aliphatic rings. The first-order valence-corrected chi connectivity index (χ1v) is 6.25. The van der Waals surface area contributed by atoms with Crippen LogP contribution in [0, 0.1) is 0 Å². The van der Waals surface area contributed by atoms with Crippen LogP contribution in [0.3, 0.4) is 0 Å². The molecule has 1 aromatic rings. The van der Waals surface area contributed by atoms with Gasteiger partial charge in [0.25, 0.3) is 0 Å². The first-order chi connectivity index (χ1) is 7.63. The monoisotopic (exact) mass is 240 g/mol. The number of halogens is 1. The van der Waals surface area contributed by atoms with E-state index in [9.17, 15) is 0 Å². The molecule has 1 saturated heterocycles. The molecule has 16 heavy (non-hydrogen) atoms. The molecule has 0 spiro atoms. The van der Waals surface area contributed by atoms with Crippen molar-refractivity contribution >= 4 is 11.6 Å². The van der Waals surface area contributed by atoms with E-state index in [1.165, 1.54) is 5.56 Å². The Hall–Kier alpha value is -0.570. The zero-order chi connectivity index (χ0) is 11.5. The smallest absolute Gasteiger partial charge is 0.104 e. The van der Waals surface area contributed by atoms with Crippen LogP contribution in [-0.4, -0.2) is 25.3 Å². The summed E-state index contributed by atoms with van der Waals surface area (Å²) in [6.07, 6.45) is 0.733. The summed E-state index contributed by atoms with van der Waals surface area (Å²) < 4.78 is 5.73. The summed E-state index contributed by atoms with van der Waals surface area (Å²) in [5.41, 5.74) is 1.35. The largest absolute Gasteiger partial charge is 0.364 e. The van der Waals surface area contributed by atoms with Crippen LogP contribution in [0.5, 0.6) is 0 Å². The van der Waals surface area contributed by atoms with Crippen molar-refractivity contribution in [3.63, 3.8) is 0 Å². The number of hydrogen-bond acceptors (Lipinski definition) is 1. The predicted molar refractivity (Wildman–Crippen MR) is 65.9 cm³/mol. The number of nitrogens with one attached hydrogen (secondary N) is 1. The summed E-state index contributed by atoms with van der Waals surface area (Å²) in [7, 11) is 0. The quantitative estimate of drug-likeness (QED) is 0.828. The molecule has 3 atom stereocenters. The van der Waals surface area contributed by atoms with Crippen molar-refractivity contribution in [1.29, 1.82) is 0 Å². The van der Waals surface area contributed by atoms with Crippen molar-refractivity contribution in [1.82, 2.24) is 0 Å². The van der Waals surface area contributed by atoms with Gasteiger partial charge in [0.05, 0.1) is 0 Å². The molecule has 0 radical (unpaired) electrons. The molecule has 2 rings (SSSR count). The highest BCUT2D eigenvalue weighted by atomic mass is 35.5. The van der Waals surface area contributed by atoms with Gasteiger partial charge in [-0.15, -0.1) is 0 Å².